The summed E-state index contributed by atoms with van der Waals surface area (Å²) in [7, 11) is 0. The van der Waals surface area contributed by atoms with Gasteiger partial charge >= 0.3 is 12.0 Å². The largest absolute Gasteiger partial charge is 0.456 e. The summed E-state index contributed by atoms with van der Waals surface area (Å²) in [6.45, 7) is 7.58. The number of aryl methyl sites for hydroxylation is 3. The number of carbonyl (C=O) groups is 3. The quantitative estimate of drug-likeness (QED) is 0.706. The number of aromatic nitrogens is 3. The highest BCUT2D eigenvalue weighted by molar-refractivity contribution is 5.95. The number of hydrogen-bond donors (Lipinski definition) is 2. The van der Waals surface area contributed by atoms with E-state index in [2.05, 4.69) is 20.7 Å². The number of nitrogens with zero attached hydrogens (tertiary/aromatic N) is 3. The molecule has 0 aliphatic carbocycles. The fourth-order valence-electron chi connectivity index (χ4n) is 2.69. The van der Waals surface area contributed by atoms with Crippen molar-refractivity contribution in [2.45, 2.75) is 47.0 Å². The Morgan fingerprint density at radius 1 is 1.22 bits per heavy atom. The van der Waals surface area contributed by atoms with E-state index < -0.39 is 24.5 Å². The fourth-order valence-corrected chi connectivity index (χ4v) is 2.69. The van der Waals surface area contributed by atoms with Gasteiger partial charge in [0.05, 0.1) is 5.69 Å². The molecule has 0 spiro atoms. The molecule has 2 rings (SSSR count). The number of ether oxygens (including phenoxy) is 1. The molecule has 0 aliphatic rings. The Morgan fingerprint density at radius 3 is 2.67 bits per heavy atom. The molecule has 0 radical (unpaired) electrons. The van der Waals surface area contributed by atoms with E-state index in [0.717, 1.165) is 34.7 Å². The third-order valence-corrected chi connectivity index (χ3v) is 4.02. The van der Waals surface area contributed by atoms with Crippen LogP contribution >= 0.6 is 0 Å². The molecule has 2 aromatic heterocycles. The third kappa shape index (κ3) is 5.50. The van der Waals surface area contributed by atoms with Crippen molar-refractivity contribution in [1.82, 2.24) is 25.2 Å². The SMILES string of the molecule is CCCNC(=O)NC(=O)COC(=O)CCc1c(C)nc2cc(C)nn2c1C. The predicted molar refractivity (Wildman–Crippen MR) is 98.3 cm³/mol. The van der Waals surface area contributed by atoms with Crippen LogP contribution in [0.25, 0.3) is 5.65 Å². The number of amides is 3. The Bertz CT molecular complexity index is 859. The van der Waals surface area contributed by atoms with E-state index in [9.17, 15) is 14.4 Å². The maximum Gasteiger partial charge on any atom is 0.321 e. The molecular formula is C18H25N5O4. The van der Waals surface area contributed by atoms with Gasteiger partial charge in [0, 0.05) is 30.4 Å². The number of carbonyl (C=O) groups excluding carboxylic acids is 3. The van der Waals surface area contributed by atoms with Crippen molar-refractivity contribution in [2.75, 3.05) is 13.2 Å². The Labute approximate surface area is 157 Å². The van der Waals surface area contributed by atoms with Gasteiger partial charge in [-0.15, -0.1) is 0 Å². The molecule has 0 bridgehead atoms. The van der Waals surface area contributed by atoms with Gasteiger partial charge in [0.1, 0.15) is 0 Å². The first kappa shape index (κ1) is 20.3. The lowest BCUT2D eigenvalue weighted by Gasteiger charge is -2.11. The molecule has 146 valence electrons. The lowest BCUT2D eigenvalue weighted by atomic mass is 10.1. The van der Waals surface area contributed by atoms with Gasteiger partial charge < -0.3 is 10.1 Å². The monoisotopic (exact) mass is 375 g/mol. The number of rotatable bonds is 7. The predicted octanol–water partition coefficient (Wildman–Crippen LogP) is 1.37. The number of urea groups is 1. The minimum absolute atomic E-state index is 0.102. The average Bonchev–Trinajstić information content (AvgIpc) is 2.98. The van der Waals surface area contributed by atoms with E-state index in [0.29, 0.717) is 13.0 Å². The first-order chi connectivity index (χ1) is 12.8. The molecule has 9 heteroatoms. The molecular weight excluding hydrogens is 350 g/mol. The van der Waals surface area contributed by atoms with E-state index in [1.807, 2.05) is 33.8 Å². The van der Waals surface area contributed by atoms with E-state index in [-0.39, 0.29) is 6.42 Å². The maximum absolute atomic E-state index is 11.9. The summed E-state index contributed by atoms with van der Waals surface area (Å²) < 4.78 is 6.68. The second-order valence-electron chi connectivity index (χ2n) is 6.28. The molecule has 0 fully saturated rings. The van der Waals surface area contributed by atoms with E-state index in [1.54, 1.807) is 4.52 Å². The summed E-state index contributed by atoms with van der Waals surface area (Å²) >= 11 is 0. The van der Waals surface area contributed by atoms with Gasteiger partial charge in [0.2, 0.25) is 0 Å². The van der Waals surface area contributed by atoms with Gasteiger partial charge in [-0.05, 0) is 39.2 Å². The summed E-state index contributed by atoms with van der Waals surface area (Å²) in [5.74, 6) is -1.19. The van der Waals surface area contributed by atoms with Gasteiger partial charge in [-0.1, -0.05) is 6.92 Å². The van der Waals surface area contributed by atoms with Crippen molar-refractivity contribution in [3.05, 3.63) is 28.7 Å². The molecule has 0 unspecified atom stereocenters. The standard InChI is InChI=1S/C18H25N5O4/c1-5-8-19-18(26)21-16(24)10-27-17(25)7-6-14-12(3)20-15-9-11(2)22-23(15)13(14)4/h9H,5-8,10H2,1-4H3,(H2,19,21,24,26). The number of imide groups is 1. The number of esters is 1. The molecule has 2 aromatic rings. The second-order valence-corrected chi connectivity index (χ2v) is 6.28. The topological polar surface area (TPSA) is 115 Å². The normalized spacial score (nSPS) is 10.7. The van der Waals surface area contributed by atoms with Crippen molar-refractivity contribution >= 4 is 23.6 Å². The van der Waals surface area contributed by atoms with Gasteiger partial charge in [0.25, 0.3) is 5.91 Å². The molecule has 0 saturated heterocycles. The van der Waals surface area contributed by atoms with Crippen LogP contribution < -0.4 is 10.6 Å². The maximum atomic E-state index is 11.9. The molecule has 3 amide bonds. The van der Waals surface area contributed by atoms with Gasteiger partial charge in [0.15, 0.2) is 12.3 Å². The van der Waals surface area contributed by atoms with Crippen LogP contribution in [-0.4, -0.2) is 45.7 Å². The second kappa shape index (κ2) is 9.11. The molecule has 27 heavy (non-hydrogen) atoms. The fraction of sp³-hybridized carbons (Fsp3) is 0.500. The van der Waals surface area contributed by atoms with Gasteiger partial charge in [-0.2, -0.15) is 5.10 Å². The van der Waals surface area contributed by atoms with Crippen LogP contribution in [0.1, 0.15) is 42.4 Å². The Kier molecular flexibility index (Phi) is 6.86. The molecule has 0 aliphatic heterocycles. The summed E-state index contributed by atoms with van der Waals surface area (Å²) in [6, 6.07) is 1.30. The Hall–Kier alpha value is -2.97. The highest BCUT2D eigenvalue weighted by atomic mass is 16.5. The number of nitrogens with one attached hydrogen (secondary N) is 2. The number of fused-ring (bicyclic) bond motifs is 1. The molecule has 9 nitrogen and oxygen atoms in total. The lowest BCUT2D eigenvalue weighted by molar-refractivity contribution is -0.148. The van der Waals surface area contributed by atoms with Crippen LogP contribution in [0.15, 0.2) is 6.07 Å². The van der Waals surface area contributed by atoms with Crippen molar-refractivity contribution < 1.29 is 19.1 Å². The van der Waals surface area contributed by atoms with Crippen LogP contribution in [0.4, 0.5) is 4.79 Å². The minimum Gasteiger partial charge on any atom is -0.456 e. The van der Waals surface area contributed by atoms with Crippen LogP contribution in [0.3, 0.4) is 0 Å². The number of hydrogen-bond acceptors (Lipinski definition) is 6. The Morgan fingerprint density at radius 2 is 1.96 bits per heavy atom. The third-order valence-electron chi connectivity index (χ3n) is 4.02. The van der Waals surface area contributed by atoms with E-state index >= 15 is 0 Å². The van der Waals surface area contributed by atoms with Crippen LogP contribution in [0.2, 0.25) is 0 Å². The zero-order valence-corrected chi connectivity index (χ0v) is 16.1. The van der Waals surface area contributed by atoms with Crippen molar-refractivity contribution in [1.29, 1.82) is 0 Å². The zero-order valence-electron chi connectivity index (χ0n) is 16.1. The van der Waals surface area contributed by atoms with Crippen LogP contribution in [-0.2, 0) is 20.7 Å². The molecule has 0 aromatic carbocycles. The van der Waals surface area contributed by atoms with Gasteiger partial charge in [-0.25, -0.2) is 14.3 Å². The summed E-state index contributed by atoms with van der Waals surface area (Å²) in [6.07, 6.45) is 1.29. The molecule has 2 N–H and O–H groups in total. The Balaban J connectivity index is 1.86. The summed E-state index contributed by atoms with van der Waals surface area (Å²) in [5, 5.41) is 8.99. The van der Waals surface area contributed by atoms with Crippen molar-refractivity contribution in [2.24, 2.45) is 0 Å². The lowest BCUT2D eigenvalue weighted by Crippen LogP contribution is -2.41. The summed E-state index contributed by atoms with van der Waals surface area (Å²) in [4.78, 5) is 39.4. The van der Waals surface area contributed by atoms with Crippen LogP contribution in [0, 0.1) is 20.8 Å². The van der Waals surface area contributed by atoms with E-state index in [4.69, 9.17) is 4.74 Å². The van der Waals surface area contributed by atoms with Crippen LogP contribution in [0.5, 0.6) is 0 Å². The molecule has 0 atom stereocenters. The summed E-state index contributed by atoms with van der Waals surface area (Å²) in [5.41, 5.74) is 4.31. The zero-order chi connectivity index (χ0) is 20.0. The van der Waals surface area contributed by atoms with E-state index in [1.165, 1.54) is 0 Å². The van der Waals surface area contributed by atoms with Crippen molar-refractivity contribution in [3.63, 3.8) is 0 Å². The highest BCUT2D eigenvalue weighted by Gasteiger charge is 2.15. The first-order valence-electron chi connectivity index (χ1n) is 8.87. The smallest absolute Gasteiger partial charge is 0.321 e. The first-order valence-corrected chi connectivity index (χ1v) is 8.87. The molecule has 2 heterocycles. The van der Waals surface area contributed by atoms with Crippen molar-refractivity contribution in [3.8, 4) is 0 Å². The minimum atomic E-state index is -0.667. The average molecular weight is 375 g/mol. The molecule has 0 saturated carbocycles. The highest BCUT2D eigenvalue weighted by Crippen LogP contribution is 2.17. The van der Waals surface area contributed by atoms with Gasteiger partial charge in [-0.3, -0.25) is 14.9 Å².